The molecule has 9 heteroatoms. The maximum Gasteiger partial charge on any atom is 0.248 e. The van der Waals surface area contributed by atoms with Crippen molar-refractivity contribution in [2.75, 3.05) is 11.9 Å². The first-order valence-electron chi connectivity index (χ1n) is 9.44. The van der Waals surface area contributed by atoms with Crippen molar-refractivity contribution >= 4 is 33.6 Å². The van der Waals surface area contributed by atoms with Gasteiger partial charge in [-0.25, -0.2) is 13.1 Å². The minimum absolute atomic E-state index is 0.0500. The van der Waals surface area contributed by atoms with Gasteiger partial charge >= 0.3 is 0 Å². The van der Waals surface area contributed by atoms with Crippen molar-refractivity contribution in [2.24, 2.45) is 5.73 Å². The second kappa shape index (κ2) is 9.55. The Labute approximate surface area is 175 Å². The number of hydrogen-bond donors (Lipinski definition) is 3. The van der Waals surface area contributed by atoms with Crippen LogP contribution in [0.5, 0.6) is 5.75 Å². The molecule has 0 atom stereocenters. The summed E-state index contributed by atoms with van der Waals surface area (Å²) >= 11 is 0. The average molecular weight is 429 g/mol. The lowest BCUT2D eigenvalue weighted by molar-refractivity contribution is -0.118. The third-order valence-electron chi connectivity index (χ3n) is 4.26. The highest BCUT2D eigenvalue weighted by molar-refractivity contribution is 7.89. The van der Waals surface area contributed by atoms with Crippen LogP contribution in [0, 0.1) is 0 Å². The Hall–Kier alpha value is -3.17. The van der Waals surface area contributed by atoms with Crippen LogP contribution in [0.4, 0.5) is 5.69 Å². The summed E-state index contributed by atoms with van der Waals surface area (Å²) in [5.74, 6) is -0.197. The molecule has 2 aromatic rings. The molecule has 1 fully saturated rings. The summed E-state index contributed by atoms with van der Waals surface area (Å²) < 4.78 is 32.3. The normalized spacial score (nSPS) is 13.9. The fraction of sp³-hybridized carbons (Fsp3) is 0.238. The molecule has 1 saturated carbocycles. The molecular formula is C21H23N3O5S. The van der Waals surface area contributed by atoms with Gasteiger partial charge in [-0.15, -0.1) is 0 Å². The monoisotopic (exact) mass is 429 g/mol. The Morgan fingerprint density at radius 3 is 2.33 bits per heavy atom. The predicted octanol–water partition coefficient (Wildman–Crippen LogP) is 2.03. The van der Waals surface area contributed by atoms with Crippen LogP contribution in [0.2, 0.25) is 0 Å². The molecule has 0 aliphatic heterocycles. The molecule has 4 N–H and O–H groups in total. The maximum atomic E-state index is 12.2. The van der Waals surface area contributed by atoms with Gasteiger partial charge in [-0.1, -0.05) is 12.1 Å². The number of carbonyl (C=O) groups excluding carboxylic acids is 2. The van der Waals surface area contributed by atoms with Crippen molar-refractivity contribution in [2.45, 2.75) is 30.2 Å². The molecule has 30 heavy (non-hydrogen) atoms. The quantitative estimate of drug-likeness (QED) is 0.498. The first-order valence-corrected chi connectivity index (χ1v) is 10.9. The molecule has 0 saturated heterocycles. The zero-order valence-corrected chi connectivity index (χ0v) is 17.0. The van der Waals surface area contributed by atoms with Crippen LogP contribution >= 0.6 is 0 Å². The Morgan fingerprint density at radius 2 is 1.73 bits per heavy atom. The van der Waals surface area contributed by atoms with E-state index in [2.05, 4.69) is 10.0 Å². The number of amides is 2. The lowest BCUT2D eigenvalue weighted by Crippen LogP contribution is -2.25. The van der Waals surface area contributed by atoms with Gasteiger partial charge in [0, 0.05) is 17.8 Å². The summed E-state index contributed by atoms with van der Waals surface area (Å²) in [5.41, 5.74) is 6.33. The summed E-state index contributed by atoms with van der Waals surface area (Å²) in [5, 5.41) is 2.72. The molecule has 0 radical (unpaired) electrons. The predicted molar refractivity (Wildman–Crippen MR) is 113 cm³/mol. The number of sulfonamides is 1. The molecule has 2 amide bonds. The molecule has 0 aromatic heterocycles. The fourth-order valence-electron chi connectivity index (χ4n) is 2.51. The molecule has 0 heterocycles. The third-order valence-corrected chi connectivity index (χ3v) is 5.79. The van der Waals surface area contributed by atoms with Gasteiger partial charge in [0.15, 0.2) is 0 Å². The number of anilines is 1. The van der Waals surface area contributed by atoms with E-state index in [0.717, 1.165) is 12.8 Å². The van der Waals surface area contributed by atoms with Crippen LogP contribution in [0.25, 0.3) is 6.08 Å². The van der Waals surface area contributed by atoms with Crippen LogP contribution in [0.15, 0.2) is 59.5 Å². The van der Waals surface area contributed by atoms with Gasteiger partial charge in [0.2, 0.25) is 21.8 Å². The second-order valence-electron chi connectivity index (χ2n) is 6.88. The summed E-state index contributed by atoms with van der Waals surface area (Å²) in [4.78, 5) is 23.0. The van der Waals surface area contributed by atoms with E-state index in [0.29, 0.717) is 17.0 Å². The van der Waals surface area contributed by atoms with E-state index in [1.54, 1.807) is 42.5 Å². The van der Waals surface area contributed by atoms with Gasteiger partial charge in [0.25, 0.3) is 0 Å². The highest BCUT2D eigenvalue weighted by atomic mass is 32.2. The van der Waals surface area contributed by atoms with Crippen LogP contribution < -0.4 is 20.5 Å². The second-order valence-corrected chi connectivity index (χ2v) is 8.59. The molecule has 1 aliphatic rings. The first-order chi connectivity index (χ1) is 14.3. The van der Waals surface area contributed by atoms with Crippen molar-refractivity contribution < 1.29 is 22.7 Å². The number of benzene rings is 2. The molecule has 1 aliphatic carbocycles. The number of carbonyl (C=O) groups is 2. The Balaban J connectivity index is 1.51. The van der Waals surface area contributed by atoms with Crippen molar-refractivity contribution in [1.29, 1.82) is 0 Å². The van der Waals surface area contributed by atoms with Gasteiger partial charge in [-0.05, 0) is 60.9 Å². The Bertz CT molecular complexity index is 1030. The van der Waals surface area contributed by atoms with E-state index in [-0.39, 0.29) is 29.9 Å². The number of nitrogens with two attached hydrogens (primary N) is 1. The summed E-state index contributed by atoms with van der Waals surface area (Å²) in [6.07, 6.45) is 4.85. The van der Waals surface area contributed by atoms with Crippen LogP contribution in [-0.4, -0.2) is 32.9 Å². The number of hydrogen-bond acceptors (Lipinski definition) is 5. The van der Waals surface area contributed by atoms with Gasteiger partial charge in [-0.3, -0.25) is 9.59 Å². The Morgan fingerprint density at radius 1 is 1.07 bits per heavy atom. The summed E-state index contributed by atoms with van der Waals surface area (Å²) in [6.45, 7) is 0.195. The molecule has 3 rings (SSSR count). The van der Waals surface area contributed by atoms with E-state index in [1.807, 2.05) is 0 Å². The van der Waals surface area contributed by atoms with Gasteiger partial charge in [-0.2, -0.15) is 0 Å². The van der Waals surface area contributed by atoms with Gasteiger partial charge < -0.3 is 15.8 Å². The minimum atomic E-state index is -3.49. The van der Waals surface area contributed by atoms with E-state index < -0.39 is 15.9 Å². The van der Waals surface area contributed by atoms with Crippen LogP contribution in [0.3, 0.4) is 0 Å². The molecule has 158 valence electrons. The summed E-state index contributed by atoms with van der Waals surface area (Å²) in [6, 6.07) is 13.1. The zero-order chi connectivity index (χ0) is 21.6. The highest BCUT2D eigenvalue weighted by Crippen LogP contribution is 2.22. The summed E-state index contributed by atoms with van der Waals surface area (Å²) in [7, 11) is -3.49. The lowest BCUT2D eigenvalue weighted by atomic mass is 10.2. The third kappa shape index (κ3) is 6.71. The van der Waals surface area contributed by atoms with Crippen molar-refractivity contribution in [3.63, 3.8) is 0 Å². The number of primary amides is 1. The van der Waals surface area contributed by atoms with Crippen LogP contribution in [0.1, 0.15) is 24.8 Å². The standard InChI is InChI=1S/C21H23N3O5S/c22-20(25)13-14-29-18-8-6-16(7-9-18)23-21(26)12-3-15-1-10-19(11-2-15)30(27,28)24-17-4-5-17/h1-3,6-12,17,24H,4-5,13-14H2,(H2,22,25)(H,23,26). The maximum absolute atomic E-state index is 12.2. The van der Waals surface area contributed by atoms with E-state index in [9.17, 15) is 18.0 Å². The average Bonchev–Trinajstić information content (AvgIpc) is 3.51. The van der Waals surface area contributed by atoms with Crippen molar-refractivity contribution in [3.8, 4) is 5.75 Å². The smallest absolute Gasteiger partial charge is 0.248 e. The number of ether oxygens (including phenoxy) is 1. The Kier molecular flexibility index (Phi) is 6.86. The van der Waals surface area contributed by atoms with Crippen molar-refractivity contribution in [1.82, 2.24) is 4.72 Å². The topological polar surface area (TPSA) is 128 Å². The SMILES string of the molecule is NC(=O)CCOc1ccc(NC(=O)C=Cc2ccc(S(=O)(=O)NC3CC3)cc2)cc1. The van der Waals surface area contributed by atoms with Crippen molar-refractivity contribution in [3.05, 3.63) is 60.2 Å². The molecule has 2 aromatic carbocycles. The molecule has 0 spiro atoms. The highest BCUT2D eigenvalue weighted by Gasteiger charge is 2.27. The van der Waals surface area contributed by atoms with Crippen LogP contribution in [-0.2, 0) is 19.6 Å². The van der Waals surface area contributed by atoms with Gasteiger partial charge in [0.1, 0.15) is 5.75 Å². The largest absolute Gasteiger partial charge is 0.493 e. The molecular weight excluding hydrogens is 406 g/mol. The fourth-order valence-corrected chi connectivity index (χ4v) is 3.81. The first kappa shape index (κ1) is 21.5. The molecule has 0 unspecified atom stereocenters. The number of rotatable bonds is 10. The van der Waals surface area contributed by atoms with E-state index in [1.165, 1.54) is 18.2 Å². The minimum Gasteiger partial charge on any atom is -0.493 e. The van der Waals surface area contributed by atoms with E-state index >= 15 is 0 Å². The molecule has 8 nitrogen and oxygen atoms in total. The van der Waals surface area contributed by atoms with Gasteiger partial charge in [0.05, 0.1) is 17.9 Å². The zero-order valence-electron chi connectivity index (χ0n) is 16.2. The number of nitrogens with one attached hydrogen (secondary N) is 2. The lowest BCUT2D eigenvalue weighted by Gasteiger charge is -2.07. The van der Waals surface area contributed by atoms with E-state index in [4.69, 9.17) is 10.5 Å². The molecule has 0 bridgehead atoms.